The van der Waals surface area contributed by atoms with E-state index in [4.69, 9.17) is 9.84 Å². The molecular formula is C12H10F3NO4. The van der Waals surface area contributed by atoms with Gasteiger partial charge in [-0.25, -0.2) is 18.0 Å². The zero-order chi connectivity index (χ0) is 14.9. The van der Waals surface area contributed by atoms with Gasteiger partial charge in [-0.1, -0.05) is 0 Å². The summed E-state index contributed by atoms with van der Waals surface area (Å²) in [7, 11) is 0. The van der Waals surface area contributed by atoms with E-state index in [0.717, 1.165) is 0 Å². The molecule has 0 aromatic heterocycles. The first-order chi connectivity index (χ1) is 9.38. The van der Waals surface area contributed by atoms with Crippen molar-refractivity contribution in [2.75, 3.05) is 5.32 Å². The van der Waals surface area contributed by atoms with Gasteiger partial charge in [-0.15, -0.1) is 0 Å². The van der Waals surface area contributed by atoms with Crippen molar-refractivity contribution in [1.29, 1.82) is 0 Å². The number of aliphatic carboxylic acids is 1. The van der Waals surface area contributed by atoms with E-state index in [1.165, 1.54) is 0 Å². The number of halogens is 3. The average molecular weight is 289 g/mol. The number of carbonyl (C=O) groups excluding carboxylic acids is 1. The summed E-state index contributed by atoms with van der Waals surface area (Å²) in [6.07, 6.45) is -1.87. The molecule has 2 N–H and O–H groups in total. The monoisotopic (exact) mass is 289 g/mol. The number of benzene rings is 1. The minimum Gasteiger partial charge on any atom is -0.479 e. The minimum atomic E-state index is -1.37. The Balaban J connectivity index is 2.06. The SMILES string of the molecule is O=C(Nc1cc(F)c(F)cc1F)[C@@H]1CC[C@H](C(=O)O)O1. The Kier molecular flexibility index (Phi) is 3.93. The minimum absolute atomic E-state index is 0.147. The summed E-state index contributed by atoms with van der Waals surface area (Å²) in [5, 5.41) is 10.7. The van der Waals surface area contributed by atoms with Gasteiger partial charge in [0.15, 0.2) is 17.7 Å². The van der Waals surface area contributed by atoms with Crippen molar-refractivity contribution in [3.8, 4) is 0 Å². The normalized spacial score (nSPS) is 21.8. The number of hydrogen-bond acceptors (Lipinski definition) is 3. The molecule has 1 fully saturated rings. The molecule has 1 heterocycles. The standard InChI is InChI=1S/C12H10F3NO4/c13-5-3-7(15)8(4-6(5)14)16-11(17)9-1-2-10(20-9)12(18)19/h3-4,9-10H,1-2H2,(H,16,17)(H,18,19)/t9-,10+/m0/s1. The number of carboxylic acids is 1. The molecule has 0 bridgehead atoms. The van der Waals surface area contributed by atoms with E-state index in [0.29, 0.717) is 12.1 Å². The van der Waals surface area contributed by atoms with E-state index in [9.17, 15) is 22.8 Å². The summed E-state index contributed by atoms with van der Waals surface area (Å²) >= 11 is 0. The number of amides is 1. The maximum absolute atomic E-state index is 13.3. The van der Waals surface area contributed by atoms with Crippen LogP contribution in [0.3, 0.4) is 0 Å². The van der Waals surface area contributed by atoms with Crippen molar-refractivity contribution in [3.63, 3.8) is 0 Å². The van der Waals surface area contributed by atoms with Gasteiger partial charge in [0.2, 0.25) is 0 Å². The van der Waals surface area contributed by atoms with Gasteiger partial charge in [0, 0.05) is 12.1 Å². The quantitative estimate of drug-likeness (QED) is 0.830. The Labute approximate surface area is 111 Å². The van der Waals surface area contributed by atoms with Crippen LogP contribution in [0.2, 0.25) is 0 Å². The molecule has 1 aliphatic heterocycles. The second-order valence-corrected chi connectivity index (χ2v) is 4.26. The number of carbonyl (C=O) groups is 2. The maximum atomic E-state index is 13.3. The second-order valence-electron chi connectivity index (χ2n) is 4.26. The fraction of sp³-hybridized carbons (Fsp3) is 0.333. The lowest BCUT2D eigenvalue weighted by Crippen LogP contribution is -2.30. The van der Waals surface area contributed by atoms with Crippen LogP contribution in [0.25, 0.3) is 0 Å². The number of hydrogen-bond donors (Lipinski definition) is 2. The van der Waals surface area contributed by atoms with Gasteiger partial charge in [-0.2, -0.15) is 0 Å². The predicted octanol–water partition coefficient (Wildman–Crippen LogP) is 1.67. The summed E-state index contributed by atoms with van der Waals surface area (Å²) in [4.78, 5) is 22.4. The van der Waals surface area contributed by atoms with Crippen LogP contribution in [-0.2, 0) is 14.3 Å². The van der Waals surface area contributed by atoms with Gasteiger partial charge in [-0.05, 0) is 12.8 Å². The Bertz CT molecular complexity index is 564. The molecule has 1 saturated heterocycles. The first-order valence-corrected chi connectivity index (χ1v) is 5.72. The molecular weight excluding hydrogens is 279 g/mol. The van der Waals surface area contributed by atoms with E-state index in [1.54, 1.807) is 0 Å². The van der Waals surface area contributed by atoms with Crippen LogP contribution < -0.4 is 5.32 Å². The Morgan fingerprint density at radius 1 is 1.10 bits per heavy atom. The van der Waals surface area contributed by atoms with Gasteiger partial charge in [0.25, 0.3) is 5.91 Å². The summed E-state index contributed by atoms with van der Waals surface area (Å²) < 4.78 is 43.9. The summed E-state index contributed by atoms with van der Waals surface area (Å²) in [6.45, 7) is 0. The maximum Gasteiger partial charge on any atom is 0.332 e. The lowest BCUT2D eigenvalue weighted by molar-refractivity contribution is -0.150. The second kappa shape index (κ2) is 5.49. The predicted molar refractivity (Wildman–Crippen MR) is 60.5 cm³/mol. The molecule has 0 aliphatic carbocycles. The van der Waals surface area contributed by atoms with Crippen molar-refractivity contribution in [2.45, 2.75) is 25.0 Å². The van der Waals surface area contributed by atoms with Crippen molar-refractivity contribution < 1.29 is 32.6 Å². The lowest BCUT2D eigenvalue weighted by Gasteiger charge is -2.12. The van der Waals surface area contributed by atoms with Crippen LogP contribution >= 0.6 is 0 Å². The fourth-order valence-electron chi connectivity index (χ4n) is 1.84. The van der Waals surface area contributed by atoms with Gasteiger partial charge in [0.05, 0.1) is 5.69 Å². The Morgan fingerprint density at radius 3 is 2.30 bits per heavy atom. The van der Waals surface area contributed by atoms with E-state index in [2.05, 4.69) is 0 Å². The third-order valence-corrected chi connectivity index (χ3v) is 2.86. The highest BCUT2D eigenvalue weighted by molar-refractivity contribution is 5.94. The van der Waals surface area contributed by atoms with Gasteiger partial charge in [0.1, 0.15) is 11.9 Å². The summed E-state index contributed by atoms with van der Waals surface area (Å²) in [6, 6.07) is 0.812. The van der Waals surface area contributed by atoms with Crippen molar-refractivity contribution in [2.24, 2.45) is 0 Å². The molecule has 108 valence electrons. The molecule has 0 spiro atoms. The van der Waals surface area contributed by atoms with Crippen LogP contribution in [0, 0.1) is 17.5 Å². The van der Waals surface area contributed by atoms with Crippen molar-refractivity contribution in [1.82, 2.24) is 0 Å². The number of rotatable bonds is 3. The molecule has 5 nitrogen and oxygen atoms in total. The van der Waals surface area contributed by atoms with Crippen LogP contribution in [-0.4, -0.2) is 29.2 Å². The topological polar surface area (TPSA) is 75.6 Å². The molecule has 1 amide bonds. The summed E-state index contributed by atoms with van der Waals surface area (Å²) in [5.41, 5.74) is -0.531. The molecule has 0 unspecified atom stereocenters. The molecule has 1 aromatic rings. The summed E-state index contributed by atoms with van der Waals surface area (Å²) in [5.74, 6) is -5.82. The van der Waals surface area contributed by atoms with Crippen LogP contribution in [0.15, 0.2) is 12.1 Å². The van der Waals surface area contributed by atoms with Gasteiger partial charge >= 0.3 is 5.97 Å². The highest BCUT2D eigenvalue weighted by Gasteiger charge is 2.35. The third kappa shape index (κ3) is 2.90. The number of nitrogens with one attached hydrogen (secondary N) is 1. The molecule has 2 atom stereocenters. The molecule has 0 radical (unpaired) electrons. The smallest absolute Gasteiger partial charge is 0.332 e. The van der Waals surface area contributed by atoms with E-state index in [1.807, 2.05) is 5.32 Å². The zero-order valence-corrected chi connectivity index (χ0v) is 10.0. The molecule has 20 heavy (non-hydrogen) atoms. The molecule has 8 heteroatoms. The molecule has 1 aromatic carbocycles. The Morgan fingerprint density at radius 2 is 1.70 bits per heavy atom. The first kappa shape index (κ1) is 14.3. The van der Waals surface area contributed by atoms with Gasteiger partial charge < -0.3 is 15.2 Å². The fourth-order valence-corrected chi connectivity index (χ4v) is 1.84. The van der Waals surface area contributed by atoms with E-state index < -0.39 is 47.2 Å². The van der Waals surface area contributed by atoms with Crippen LogP contribution in [0.4, 0.5) is 18.9 Å². The molecule has 0 saturated carbocycles. The highest BCUT2D eigenvalue weighted by atomic mass is 19.2. The number of anilines is 1. The number of carboxylic acid groups (broad SMARTS) is 1. The van der Waals surface area contributed by atoms with Crippen LogP contribution in [0.1, 0.15) is 12.8 Å². The highest BCUT2D eigenvalue weighted by Crippen LogP contribution is 2.23. The zero-order valence-electron chi connectivity index (χ0n) is 10.0. The first-order valence-electron chi connectivity index (χ1n) is 5.72. The largest absolute Gasteiger partial charge is 0.479 e. The molecule has 1 aliphatic rings. The molecule has 2 rings (SSSR count). The average Bonchev–Trinajstić information content (AvgIpc) is 2.85. The number of ether oxygens (including phenoxy) is 1. The van der Waals surface area contributed by atoms with Crippen LogP contribution in [0.5, 0.6) is 0 Å². The lowest BCUT2D eigenvalue weighted by atomic mass is 10.2. The van der Waals surface area contributed by atoms with Gasteiger partial charge in [-0.3, -0.25) is 4.79 Å². The Hall–Kier alpha value is -2.09. The van der Waals surface area contributed by atoms with Crippen molar-refractivity contribution in [3.05, 3.63) is 29.6 Å². The van der Waals surface area contributed by atoms with E-state index in [-0.39, 0.29) is 12.8 Å². The van der Waals surface area contributed by atoms with E-state index >= 15 is 0 Å². The third-order valence-electron chi connectivity index (χ3n) is 2.86. The van der Waals surface area contributed by atoms with Crippen molar-refractivity contribution >= 4 is 17.6 Å².